The summed E-state index contributed by atoms with van der Waals surface area (Å²) in [5, 5.41) is 0. The fourth-order valence-electron chi connectivity index (χ4n) is 2.85. The van der Waals surface area contributed by atoms with Gasteiger partial charge in [-0.3, -0.25) is 24.7 Å². The van der Waals surface area contributed by atoms with Gasteiger partial charge in [0, 0.05) is 13.0 Å². The largest absolute Gasteiger partial charge is 0.294 e. The Morgan fingerprint density at radius 1 is 1.28 bits per heavy atom. The van der Waals surface area contributed by atoms with E-state index in [1.807, 2.05) is 19.3 Å². The topological polar surface area (TPSA) is 92.5 Å². The molecule has 6 heteroatoms. The van der Waals surface area contributed by atoms with Crippen LogP contribution in [0.3, 0.4) is 0 Å². The summed E-state index contributed by atoms with van der Waals surface area (Å²) in [6, 6.07) is 0. The number of carbonyl (C=O) groups is 3. The van der Waals surface area contributed by atoms with Crippen LogP contribution in [0.15, 0.2) is 0 Å². The highest BCUT2D eigenvalue weighted by molar-refractivity contribution is 6.10. The van der Waals surface area contributed by atoms with Crippen LogP contribution in [0.2, 0.25) is 0 Å². The van der Waals surface area contributed by atoms with Gasteiger partial charge in [0.2, 0.25) is 17.7 Å². The lowest BCUT2D eigenvalue weighted by molar-refractivity contribution is -0.143. The summed E-state index contributed by atoms with van der Waals surface area (Å²) in [6.45, 7) is 4.33. The Bertz CT molecular complexity index is 381. The highest BCUT2D eigenvalue weighted by Crippen LogP contribution is 2.63. The average molecular weight is 253 g/mol. The monoisotopic (exact) mass is 253 g/mol. The van der Waals surface area contributed by atoms with Gasteiger partial charge in [-0.2, -0.15) is 0 Å². The zero-order chi connectivity index (χ0) is 13.5. The molecule has 6 nitrogen and oxygen atoms in total. The van der Waals surface area contributed by atoms with Crippen LogP contribution in [0.4, 0.5) is 0 Å². The molecule has 2 atom stereocenters. The van der Waals surface area contributed by atoms with E-state index in [1.54, 1.807) is 0 Å². The fraction of sp³-hybridized carbons (Fsp3) is 0.750. The number of nitrogens with two attached hydrogens (primary N) is 1. The molecule has 18 heavy (non-hydrogen) atoms. The van der Waals surface area contributed by atoms with Crippen molar-refractivity contribution in [3.8, 4) is 0 Å². The zero-order valence-electron chi connectivity index (χ0n) is 10.7. The van der Waals surface area contributed by atoms with E-state index in [0.717, 1.165) is 0 Å². The predicted octanol–water partition coefficient (Wildman–Crippen LogP) is -0.212. The van der Waals surface area contributed by atoms with Gasteiger partial charge in [-0.15, -0.1) is 0 Å². The molecule has 2 aliphatic rings. The molecule has 0 aromatic carbocycles. The number of likely N-dealkylation sites (tertiary alicyclic amines) is 1. The van der Waals surface area contributed by atoms with Crippen molar-refractivity contribution in [3.05, 3.63) is 0 Å². The summed E-state index contributed by atoms with van der Waals surface area (Å²) < 4.78 is 0. The van der Waals surface area contributed by atoms with Crippen LogP contribution in [-0.4, -0.2) is 29.2 Å². The third-order valence-electron chi connectivity index (χ3n) is 4.09. The molecule has 100 valence electrons. The van der Waals surface area contributed by atoms with Crippen LogP contribution in [0.5, 0.6) is 0 Å². The van der Waals surface area contributed by atoms with Gasteiger partial charge in [0.05, 0.1) is 11.8 Å². The normalized spacial score (nSPS) is 28.3. The van der Waals surface area contributed by atoms with Crippen molar-refractivity contribution in [2.75, 3.05) is 6.54 Å². The van der Waals surface area contributed by atoms with Crippen molar-refractivity contribution < 1.29 is 14.4 Å². The number of nitrogens with zero attached hydrogens (tertiary/aromatic N) is 1. The third-order valence-corrected chi connectivity index (χ3v) is 4.09. The predicted molar refractivity (Wildman–Crippen MR) is 63.7 cm³/mol. The molecule has 1 saturated heterocycles. The summed E-state index contributed by atoms with van der Waals surface area (Å²) in [4.78, 5) is 36.2. The number of fused-ring (bicyclic) bond motifs is 1. The number of piperidine rings is 1. The minimum absolute atomic E-state index is 0.0433. The number of hydrogen-bond acceptors (Lipinski definition) is 4. The Labute approximate surface area is 106 Å². The van der Waals surface area contributed by atoms with E-state index in [4.69, 9.17) is 5.84 Å². The van der Waals surface area contributed by atoms with Crippen LogP contribution in [0.1, 0.15) is 33.1 Å². The van der Waals surface area contributed by atoms with Gasteiger partial charge in [-0.1, -0.05) is 13.8 Å². The van der Waals surface area contributed by atoms with Crippen molar-refractivity contribution in [2.24, 2.45) is 23.1 Å². The molecule has 3 N–H and O–H groups in total. The lowest BCUT2D eigenvalue weighted by atomic mass is 10.1. The van der Waals surface area contributed by atoms with Crippen molar-refractivity contribution in [2.45, 2.75) is 33.1 Å². The van der Waals surface area contributed by atoms with Gasteiger partial charge in [-0.25, -0.2) is 5.84 Å². The smallest absolute Gasteiger partial charge is 0.233 e. The van der Waals surface area contributed by atoms with Gasteiger partial charge in [-0.05, 0) is 18.3 Å². The molecule has 0 aromatic heterocycles. The number of unbranched alkanes of at least 4 members (excludes halogenated alkanes) is 1. The van der Waals surface area contributed by atoms with Crippen LogP contribution in [0, 0.1) is 17.3 Å². The molecule has 1 saturated carbocycles. The summed E-state index contributed by atoms with van der Waals surface area (Å²) in [6.07, 6.45) is 1.59. The minimum atomic E-state index is -0.224. The first kappa shape index (κ1) is 13.0. The first-order valence-electron chi connectivity index (χ1n) is 6.26. The molecular formula is C12H19N3O3. The lowest BCUT2D eigenvalue weighted by Gasteiger charge is -2.20. The number of hydrazine groups is 1. The third kappa shape index (κ3) is 1.90. The van der Waals surface area contributed by atoms with E-state index in [-0.39, 0.29) is 35.0 Å². The minimum Gasteiger partial charge on any atom is -0.294 e. The van der Waals surface area contributed by atoms with E-state index in [0.29, 0.717) is 25.8 Å². The molecule has 1 aliphatic carbocycles. The van der Waals surface area contributed by atoms with Gasteiger partial charge < -0.3 is 0 Å². The fourth-order valence-corrected chi connectivity index (χ4v) is 2.85. The first-order chi connectivity index (χ1) is 8.41. The molecule has 0 bridgehead atoms. The van der Waals surface area contributed by atoms with E-state index < -0.39 is 0 Å². The second-order valence-corrected chi connectivity index (χ2v) is 5.63. The van der Waals surface area contributed by atoms with Crippen LogP contribution >= 0.6 is 0 Å². The number of rotatable bonds is 5. The molecule has 3 amide bonds. The molecule has 1 aliphatic heterocycles. The molecule has 0 spiro atoms. The van der Waals surface area contributed by atoms with Crippen LogP contribution in [-0.2, 0) is 14.4 Å². The Hall–Kier alpha value is -1.43. The Morgan fingerprint density at radius 2 is 1.83 bits per heavy atom. The maximum absolute atomic E-state index is 12.0. The number of carbonyl (C=O) groups excluding carboxylic acids is 3. The molecule has 2 fully saturated rings. The van der Waals surface area contributed by atoms with Crippen LogP contribution < -0.4 is 11.3 Å². The number of hydrogen-bond donors (Lipinski definition) is 2. The highest BCUT2D eigenvalue weighted by atomic mass is 16.2. The number of imide groups is 1. The molecule has 2 unspecified atom stereocenters. The number of amides is 3. The second kappa shape index (κ2) is 4.35. The summed E-state index contributed by atoms with van der Waals surface area (Å²) >= 11 is 0. The average Bonchev–Trinajstić information content (AvgIpc) is 2.79. The Balaban J connectivity index is 1.78. The quantitative estimate of drug-likeness (QED) is 0.233. The second-order valence-electron chi connectivity index (χ2n) is 5.63. The zero-order valence-corrected chi connectivity index (χ0v) is 10.7. The maximum atomic E-state index is 12.0. The molecule has 0 aromatic rings. The van der Waals surface area contributed by atoms with E-state index in [9.17, 15) is 14.4 Å². The summed E-state index contributed by atoms with van der Waals surface area (Å²) in [5.41, 5.74) is 1.90. The van der Waals surface area contributed by atoms with Gasteiger partial charge >= 0.3 is 0 Å². The van der Waals surface area contributed by atoms with Crippen LogP contribution in [0.25, 0.3) is 0 Å². The summed E-state index contributed by atoms with van der Waals surface area (Å²) in [5.74, 6) is 4.42. The van der Waals surface area contributed by atoms with Crippen molar-refractivity contribution in [1.29, 1.82) is 0 Å². The Kier molecular flexibility index (Phi) is 3.14. The van der Waals surface area contributed by atoms with E-state index in [2.05, 4.69) is 0 Å². The van der Waals surface area contributed by atoms with Crippen molar-refractivity contribution in [3.63, 3.8) is 0 Å². The maximum Gasteiger partial charge on any atom is 0.233 e. The van der Waals surface area contributed by atoms with E-state index >= 15 is 0 Å². The van der Waals surface area contributed by atoms with Crippen molar-refractivity contribution in [1.82, 2.24) is 10.3 Å². The summed E-state index contributed by atoms with van der Waals surface area (Å²) in [7, 11) is 0. The molecular weight excluding hydrogens is 234 g/mol. The van der Waals surface area contributed by atoms with Crippen molar-refractivity contribution >= 4 is 17.7 Å². The Morgan fingerprint density at radius 3 is 2.33 bits per heavy atom. The van der Waals surface area contributed by atoms with Gasteiger partial charge in [0.15, 0.2) is 0 Å². The van der Waals surface area contributed by atoms with E-state index in [1.165, 1.54) is 4.90 Å². The first-order valence-corrected chi connectivity index (χ1v) is 6.26. The molecule has 2 rings (SSSR count). The van der Waals surface area contributed by atoms with Gasteiger partial charge in [0.25, 0.3) is 0 Å². The van der Waals surface area contributed by atoms with Gasteiger partial charge in [0.1, 0.15) is 0 Å². The molecule has 0 radical (unpaired) electrons. The number of nitrogens with one attached hydrogen (secondary N) is 1. The SMILES string of the molecule is CC1(C)C2C(=O)N(CCCCC(=O)NN)C(=O)C21. The lowest BCUT2D eigenvalue weighted by Crippen LogP contribution is -2.37. The standard InChI is InChI=1S/C12H19N3O3/c1-12(2)8-9(12)11(18)15(10(8)17)6-4-3-5-7(16)14-13/h8-9H,3-6,13H2,1-2H3,(H,14,16). The molecule has 1 heterocycles. The highest BCUT2D eigenvalue weighted by Gasteiger charge is 2.72.